The van der Waals surface area contributed by atoms with Crippen molar-refractivity contribution in [1.29, 1.82) is 0 Å². The first-order valence-electron chi connectivity index (χ1n) is 7.61. The Labute approximate surface area is 113 Å². The van der Waals surface area contributed by atoms with E-state index >= 15 is 0 Å². The van der Waals surface area contributed by atoms with Crippen molar-refractivity contribution < 1.29 is 0 Å². The number of nitrogens with zero attached hydrogens (tertiary/aromatic N) is 2. The molecule has 2 nitrogen and oxygen atoms in total. The van der Waals surface area contributed by atoms with Crippen molar-refractivity contribution in [3.05, 3.63) is 17.0 Å². The lowest BCUT2D eigenvalue weighted by molar-refractivity contribution is 0.517. The van der Waals surface area contributed by atoms with Crippen LogP contribution in [-0.4, -0.2) is 9.78 Å². The fraction of sp³-hybridized carbons (Fsp3) is 0.812. The van der Waals surface area contributed by atoms with Crippen molar-refractivity contribution in [2.75, 3.05) is 0 Å². The molecule has 0 saturated heterocycles. The zero-order valence-electron chi connectivity index (χ0n) is 12.9. The van der Waals surface area contributed by atoms with Crippen LogP contribution >= 0.6 is 0 Å². The first-order chi connectivity index (χ1) is 8.61. The third-order valence-electron chi connectivity index (χ3n) is 4.02. The standard InChI is InChI=1S/C16H30N2/c1-6-8-9-10-12-15(11-7-2)16-13(3)17-18(5)14(16)4/h15H,6-12H2,1-5H3. The smallest absolute Gasteiger partial charge is 0.0631 e. The van der Waals surface area contributed by atoms with Crippen LogP contribution in [0.3, 0.4) is 0 Å². The van der Waals surface area contributed by atoms with Gasteiger partial charge in [0.25, 0.3) is 0 Å². The van der Waals surface area contributed by atoms with E-state index in [1.54, 1.807) is 0 Å². The van der Waals surface area contributed by atoms with Gasteiger partial charge in [0.2, 0.25) is 0 Å². The second-order valence-corrected chi connectivity index (χ2v) is 5.54. The van der Waals surface area contributed by atoms with Crippen LogP contribution in [0.1, 0.15) is 81.7 Å². The molecule has 0 aliphatic carbocycles. The maximum atomic E-state index is 4.57. The molecule has 0 radical (unpaired) electrons. The maximum Gasteiger partial charge on any atom is 0.0631 e. The first-order valence-corrected chi connectivity index (χ1v) is 7.61. The molecule has 1 atom stereocenters. The van der Waals surface area contributed by atoms with Gasteiger partial charge in [-0.15, -0.1) is 0 Å². The van der Waals surface area contributed by atoms with E-state index in [1.807, 2.05) is 4.68 Å². The predicted octanol–water partition coefficient (Wildman–Crippen LogP) is 4.89. The predicted molar refractivity (Wildman–Crippen MR) is 79.1 cm³/mol. The Hall–Kier alpha value is -0.790. The van der Waals surface area contributed by atoms with Crippen molar-refractivity contribution in [2.45, 2.75) is 78.6 Å². The third kappa shape index (κ3) is 3.86. The number of hydrogen-bond acceptors (Lipinski definition) is 1. The summed E-state index contributed by atoms with van der Waals surface area (Å²) in [5, 5.41) is 4.57. The first kappa shape index (κ1) is 15.3. The van der Waals surface area contributed by atoms with Gasteiger partial charge in [0.15, 0.2) is 0 Å². The van der Waals surface area contributed by atoms with Crippen molar-refractivity contribution in [2.24, 2.45) is 7.05 Å². The molecule has 0 amide bonds. The van der Waals surface area contributed by atoms with Crippen LogP contribution in [0, 0.1) is 13.8 Å². The Morgan fingerprint density at radius 2 is 1.72 bits per heavy atom. The molecule has 0 saturated carbocycles. The van der Waals surface area contributed by atoms with Gasteiger partial charge in [0.05, 0.1) is 5.69 Å². The highest BCUT2D eigenvalue weighted by Crippen LogP contribution is 2.31. The van der Waals surface area contributed by atoms with Gasteiger partial charge in [-0.25, -0.2) is 0 Å². The van der Waals surface area contributed by atoms with Crippen LogP contribution < -0.4 is 0 Å². The molecule has 18 heavy (non-hydrogen) atoms. The highest BCUT2D eigenvalue weighted by molar-refractivity contribution is 5.28. The molecule has 0 bridgehead atoms. The number of hydrogen-bond donors (Lipinski definition) is 0. The van der Waals surface area contributed by atoms with Crippen LogP contribution in [0.25, 0.3) is 0 Å². The van der Waals surface area contributed by atoms with Crippen molar-refractivity contribution in [3.8, 4) is 0 Å². The molecule has 1 unspecified atom stereocenters. The van der Waals surface area contributed by atoms with Gasteiger partial charge in [-0.05, 0) is 38.2 Å². The zero-order chi connectivity index (χ0) is 13.5. The lowest BCUT2D eigenvalue weighted by atomic mass is 9.88. The molecule has 1 rings (SSSR count). The van der Waals surface area contributed by atoms with Gasteiger partial charge in [0, 0.05) is 12.7 Å². The number of unbranched alkanes of at least 4 members (excludes halogenated alkanes) is 3. The summed E-state index contributed by atoms with van der Waals surface area (Å²) >= 11 is 0. The number of aromatic nitrogens is 2. The topological polar surface area (TPSA) is 17.8 Å². The Morgan fingerprint density at radius 1 is 1.00 bits per heavy atom. The van der Waals surface area contributed by atoms with Gasteiger partial charge in [-0.3, -0.25) is 4.68 Å². The summed E-state index contributed by atoms with van der Waals surface area (Å²) in [6, 6.07) is 0. The summed E-state index contributed by atoms with van der Waals surface area (Å²) in [6.45, 7) is 8.94. The SMILES string of the molecule is CCCCCCC(CCC)c1c(C)nn(C)c1C. The molecule has 1 aromatic heterocycles. The average Bonchev–Trinajstić information content (AvgIpc) is 2.58. The van der Waals surface area contributed by atoms with E-state index in [1.165, 1.54) is 61.9 Å². The molecule has 0 N–H and O–H groups in total. The molecule has 0 aliphatic rings. The van der Waals surface area contributed by atoms with Gasteiger partial charge >= 0.3 is 0 Å². The molecule has 0 aliphatic heterocycles. The van der Waals surface area contributed by atoms with E-state index in [0.29, 0.717) is 0 Å². The fourth-order valence-corrected chi connectivity index (χ4v) is 2.98. The fourth-order valence-electron chi connectivity index (χ4n) is 2.98. The molecule has 1 aromatic rings. The van der Waals surface area contributed by atoms with Crippen molar-refractivity contribution in [3.63, 3.8) is 0 Å². The van der Waals surface area contributed by atoms with E-state index in [0.717, 1.165) is 5.92 Å². The Balaban J connectivity index is 2.71. The third-order valence-corrected chi connectivity index (χ3v) is 4.02. The lowest BCUT2D eigenvalue weighted by Crippen LogP contribution is -2.03. The van der Waals surface area contributed by atoms with Gasteiger partial charge in [-0.2, -0.15) is 5.10 Å². The highest BCUT2D eigenvalue weighted by atomic mass is 15.3. The quantitative estimate of drug-likeness (QED) is 0.601. The minimum absolute atomic E-state index is 0.723. The molecular formula is C16H30N2. The monoisotopic (exact) mass is 250 g/mol. The summed E-state index contributed by atoms with van der Waals surface area (Å²) in [7, 11) is 2.06. The maximum absolute atomic E-state index is 4.57. The molecule has 0 spiro atoms. The second-order valence-electron chi connectivity index (χ2n) is 5.54. The number of aryl methyl sites for hydroxylation is 2. The summed E-state index contributed by atoms with van der Waals surface area (Å²) in [6.07, 6.45) is 9.36. The molecule has 1 heterocycles. The van der Waals surface area contributed by atoms with Crippen molar-refractivity contribution >= 4 is 0 Å². The normalized spacial score (nSPS) is 12.9. The van der Waals surface area contributed by atoms with E-state index in [2.05, 4.69) is 39.8 Å². The zero-order valence-corrected chi connectivity index (χ0v) is 12.9. The summed E-state index contributed by atoms with van der Waals surface area (Å²) in [4.78, 5) is 0. The molecule has 0 aromatic carbocycles. The Morgan fingerprint density at radius 3 is 2.22 bits per heavy atom. The second kappa shape index (κ2) is 7.60. The molecule has 104 valence electrons. The Kier molecular flexibility index (Phi) is 6.45. The van der Waals surface area contributed by atoms with E-state index < -0.39 is 0 Å². The Bertz CT molecular complexity index is 352. The van der Waals surface area contributed by atoms with Crippen LogP contribution in [0.4, 0.5) is 0 Å². The van der Waals surface area contributed by atoms with Crippen LogP contribution in [0.5, 0.6) is 0 Å². The molecular weight excluding hydrogens is 220 g/mol. The summed E-state index contributed by atoms with van der Waals surface area (Å²) in [5.74, 6) is 0.723. The molecule has 0 fully saturated rings. The van der Waals surface area contributed by atoms with Crippen LogP contribution in [-0.2, 0) is 7.05 Å². The van der Waals surface area contributed by atoms with E-state index in [4.69, 9.17) is 0 Å². The molecule has 2 heteroatoms. The van der Waals surface area contributed by atoms with Gasteiger partial charge < -0.3 is 0 Å². The van der Waals surface area contributed by atoms with Crippen LogP contribution in [0.15, 0.2) is 0 Å². The van der Waals surface area contributed by atoms with Gasteiger partial charge in [-0.1, -0.05) is 46.0 Å². The minimum atomic E-state index is 0.723. The van der Waals surface area contributed by atoms with E-state index in [9.17, 15) is 0 Å². The van der Waals surface area contributed by atoms with Crippen molar-refractivity contribution in [1.82, 2.24) is 9.78 Å². The lowest BCUT2D eigenvalue weighted by Gasteiger charge is -2.17. The van der Waals surface area contributed by atoms with Crippen LogP contribution in [0.2, 0.25) is 0 Å². The average molecular weight is 250 g/mol. The largest absolute Gasteiger partial charge is 0.272 e. The number of rotatable bonds is 8. The highest BCUT2D eigenvalue weighted by Gasteiger charge is 2.18. The van der Waals surface area contributed by atoms with E-state index in [-0.39, 0.29) is 0 Å². The van der Waals surface area contributed by atoms with Gasteiger partial charge in [0.1, 0.15) is 0 Å². The summed E-state index contributed by atoms with van der Waals surface area (Å²) < 4.78 is 2.04. The minimum Gasteiger partial charge on any atom is -0.272 e. The summed E-state index contributed by atoms with van der Waals surface area (Å²) in [5.41, 5.74) is 4.13.